The van der Waals surface area contributed by atoms with Gasteiger partial charge in [-0.25, -0.2) is 0 Å². The molecule has 0 aliphatic carbocycles. The van der Waals surface area contributed by atoms with Crippen LogP contribution in [0.2, 0.25) is 0 Å². The van der Waals surface area contributed by atoms with Crippen molar-refractivity contribution in [2.75, 3.05) is 6.61 Å². The summed E-state index contributed by atoms with van der Waals surface area (Å²) in [5.74, 6) is 0. The Morgan fingerprint density at radius 3 is 2.00 bits per heavy atom. The van der Waals surface area contributed by atoms with Crippen molar-refractivity contribution >= 4 is 21.8 Å². The number of rotatable bonds is 4. The molecule has 0 bridgehead atoms. The molecule has 3 aromatic rings. The van der Waals surface area contributed by atoms with Gasteiger partial charge in [-0.05, 0) is 18.6 Å². The zero-order chi connectivity index (χ0) is 13.2. The molecular weight excluding hydrogens is 236 g/mol. The molecule has 1 heterocycles. The number of aryl methyl sites for hydroxylation is 1. The van der Waals surface area contributed by atoms with Crippen molar-refractivity contribution in [1.82, 2.24) is 4.57 Å². The predicted octanol–water partition coefficient (Wildman–Crippen LogP) is 2.50. The second kappa shape index (κ2) is 5.03. The molecule has 0 aliphatic rings. The van der Waals surface area contributed by atoms with Crippen molar-refractivity contribution in [3.8, 4) is 0 Å². The smallest absolute Gasteiger partial charge is 0.0583 e. The number of nitrogens with zero attached hydrogens (tertiary/aromatic N) is 1. The zero-order valence-electron chi connectivity index (χ0n) is 10.8. The van der Waals surface area contributed by atoms with Gasteiger partial charge in [0.05, 0.1) is 6.61 Å². The number of aromatic nitrogens is 1. The lowest BCUT2D eigenvalue weighted by Crippen LogP contribution is -2.25. The first-order valence-electron chi connectivity index (χ1n) is 6.63. The maximum absolute atomic E-state index is 9.06. The summed E-state index contributed by atoms with van der Waals surface area (Å²) in [5, 5.41) is 11.6. The van der Waals surface area contributed by atoms with Crippen LogP contribution < -0.4 is 5.73 Å². The van der Waals surface area contributed by atoms with Crippen LogP contribution in [0.25, 0.3) is 21.8 Å². The molecule has 0 saturated heterocycles. The molecule has 1 unspecified atom stereocenters. The van der Waals surface area contributed by atoms with Crippen LogP contribution in [-0.2, 0) is 6.54 Å². The number of para-hydroxylation sites is 2. The largest absolute Gasteiger partial charge is 0.395 e. The summed E-state index contributed by atoms with van der Waals surface area (Å²) in [6.45, 7) is 0.868. The van der Waals surface area contributed by atoms with E-state index in [9.17, 15) is 0 Å². The molecule has 3 nitrogen and oxygen atoms in total. The third-order valence-corrected chi connectivity index (χ3v) is 3.64. The van der Waals surface area contributed by atoms with Crippen LogP contribution >= 0.6 is 0 Å². The van der Waals surface area contributed by atoms with Crippen molar-refractivity contribution in [2.45, 2.75) is 19.0 Å². The molecule has 0 spiro atoms. The zero-order valence-corrected chi connectivity index (χ0v) is 10.8. The fourth-order valence-electron chi connectivity index (χ4n) is 2.63. The van der Waals surface area contributed by atoms with Crippen molar-refractivity contribution in [3.05, 3.63) is 48.5 Å². The lowest BCUT2D eigenvalue weighted by Gasteiger charge is -2.11. The van der Waals surface area contributed by atoms with Gasteiger partial charge in [-0.15, -0.1) is 0 Å². The first-order chi connectivity index (χ1) is 9.31. The third kappa shape index (κ3) is 2.11. The molecule has 19 heavy (non-hydrogen) atoms. The summed E-state index contributed by atoms with van der Waals surface area (Å²) in [5.41, 5.74) is 8.28. The molecule has 0 amide bonds. The Kier molecular flexibility index (Phi) is 3.23. The van der Waals surface area contributed by atoms with Crippen LogP contribution in [0.4, 0.5) is 0 Å². The Labute approximate surface area is 112 Å². The first kappa shape index (κ1) is 12.2. The number of hydrogen-bond donors (Lipinski definition) is 2. The minimum Gasteiger partial charge on any atom is -0.395 e. The van der Waals surface area contributed by atoms with Crippen LogP contribution in [0.5, 0.6) is 0 Å². The standard InChI is InChI=1S/C16H18N2O/c17-12(11-19)9-10-18-15-7-3-1-5-13(15)14-6-2-4-8-16(14)18/h1-8,12,19H,9-11,17H2. The number of aliphatic hydroxyl groups excluding tert-OH is 1. The summed E-state index contributed by atoms with van der Waals surface area (Å²) in [4.78, 5) is 0. The van der Waals surface area contributed by atoms with Gasteiger partial charge in [-0.3, -0.25) is 0 Å². The van der Waals surface area contributed by atoms with Gasteiger partial charge in [-0.1, -0.05) is 36.4 Å². The number of benzene rings is 2. The lowest BCUT2D eigenvalue weighted by molar-refractivity contribution is 0.257. The molecule has 98 valence electrons. The van der Waals surface area contributed by atoms with Gasteiger partial charge in [-0.2, -0.15) is 0 Å². The molecule has 1 atom stereocenters. The van der Waals surface area contributed by atoms with E-state index < -0.39 is 0 Å². The van der Waals surface area contributed by atoms with Crippen LogP contribution in [-0.4, -0.2) is 22.3 Å². The van der Waals surface area contributed by atoms with Crippen LogP contribution in [0.15, 0.2) is 48.5 Å². The highest BCUT2D eigenvalue weighted by molar-refractivity contribution is 6.07. The van der Waals surface area contributed by atoms with Gasteiger partial charge in [0.15, 0.2) is 0 Å². The average Bonchev–Trinajstić information content (AvgIpc) is 2.79. The SMILES string of the molecule is NC(CO)CCn1c2ccccc2c2ccccc21. The summed E-state index contributed by atoms with van der Waals surface area (Å²) < 4.78 is 2.29. The normalized spacial score (nSPS) is 13.2. The quantitative estimate of drug-likeness (QED) is 0.751. The maximum atomic E-state index is 9.06. The van der Waals surface area contributed by atoms with Crippen LogP contribution in [0, 0.1) is 0 Å². The Morgan fingerprint density at radius 1 is 0.947 bits per heavy atom. The maximum Gasteiger partial charge on any atom is 0.0583 e. The molecule has 0 fully saturated rings. The van der Waals surface area contributed by atoms with Crippen molar-refractivity contribution < 1.29 is 5.11 Å². The second-order valence-corrected chi connectivity index (χ2v) is 4.92. The van der Waals surface area contributed by atoms with E-state index in [4.69, 9.17) is 10.8 Å². The van der Waals surface area contributed by atoms with Crippen LogP contribution in [0.1, 0.15) is 6.42 Å². The average molecular weight is 254 g/mol. The Bertz CT molecular complexity index is 649. The highest BCUT2D eigenvalue weighted by Crippen LogP contribution is 2.28. The molecule has 3 heteroatoms. The molecule has 0 aliphatic heterocycles. The third-order valence-electron chi connectivity index (χ3n) is 3.64. The minimum atomic E-state index is -0.153. The molecule has 0 radical (unpaired) electrons. The molecular formula is C16H18N2O. The highest BCUT2D eigenvalue weighted by Gasteiger charge is 2.10. The summed E-state index contributed by atoms with van der Waals surface area (Å²) in [6, 6.07) is 16.7. The van der Waals surface area contributed by atoms with Gasteiger partial charge >= 0.3 is 0 Å². The fraction of sp³-hybridized carbons (Fsp3) is 0.250. The Balaban J connectivity index is 2.14. The van der Waals surface area contributed by atoms with Gasteiger partial charge in [0.2, 0.25) is 0 Å². The number of aliphatic hydroxyl groups is 1. The van der Waals surface area contributed by atoms with Crippen molar-refractivity contribution in [3.63, 3.8) is 0 Å². The molecule has 1 aromatic heterocycles. The van der Waals surface area contributed by atoms with Gasteiger partial charge < -0.3 is 15.4 Å². The predicted molar refractivity (Wildman–Crippen MR) is 79.1 cm³/mol. The van der Waals surface area contributed by atoms with E-state index in [1.807, 2.05) is 0 Å². The van der Waals surface area contributed by atoms with E-state index in [0.29, 0.717) is 0 Å². The van der Waals surface area contributed by atoms with E-state index in [-0.39, 0.29) is 12.6 Å². The number of nitrogens with two attached hydrogens (primary N) is 1. The summed E-state index contributed by atoms with van der Waals surface area (Å²) in [7, 11) is 0. The molecule has 3 N–H and O–H groups in total. The van der Waals surface area contributed by atoms with Crippen LogP contribution in [0.3, 0.4) is 0 Å². The van der Waals surface area contributed by atoms with E-state index in [1.54, 1.807) is 0 Å². The second-order valence-electron chi connectivity index (χ2n) is 4.92. The topological polar surface area (TPSA) is 51.2 Å². The molecule has 3 rings (SSSR count). The monoisotopic (exact) mass is 254 g/mol. The lowest BCUT2D eigenvalue weighted by atomic mass is 10.2. The van der Waals surface area contributed by atoms with Gasteiger partial charge in [0.1, 0.15) is 0 Å². The Morgan fingerprint density at radius 2 is 1.47 bits per heavy atom. The molecule has 0 saturated carbocycles. The van der Waals surface area contributed by atoms with Gasteiger partial charge in [0, 0.05) is 34.4 Å². The first-order valence-corrected chi connectivity index (χ1v) is 6.63. The van der Waals surface area contributed by atoms with E-state index in [1.165, 1.54) is 21.8 Å². The highest BCUT2D eigenvalue weighted by atomic mass is 16.3. The summed E-state index contributed by atoms with van der Waals surface area (Å²) in [6.07, 6.45) is 0.777. The fourth-order valence-corrected chi connectivity index (χ4v) is 2.63. The summed E-state index contributed by atoms with van der Waals surface area (Å²) >= 11 is 0. The number of fused-ring (bicyclic) bond motifs is 3. The van der Waals surface area contributed by atoms with Crippen molar-refractivity contribution in [1.29, 1.82) is 0 Å². The van der Waals surface area contributed by atoms with Crippen molar-refractivity contribution in [2.24, 2.45) is 5.73 Å². The molecule has 2 aromatic carbocycles. The Hall–Kier alpha value is -1.84. The minimum absolute atomic E-state index is 0.0388. The van der Waals surface area contributed by atoms with E-state index in [2.05, 4.69) is 53.1 Å². The van der Waals surface area contributed by atoms with E-state index >= 15 is 0 Å². The number of hydrogen-bond acceptors (Lipinski definition) is 2. The van der Waals surface area contributed by atoms with Gasteiger partial charge in [0.25, 0.3) is 0 Å². The van der Waals surface area contributed by atoms with E-state index in [0.717, 1.165) is 13.0 Å².